The Kier molecular flexibility index (Phi) is 8.05. The molecule has 1 aliphatic heterocycles. The first kappa shape index (κ1) is 21.6. The Bertz CT molecular complexity index is 738. The maximum Gasteiger partial charge on any atom is 0.163 e. The maximum absolute atomic E-state index is 5.62. The Morgan fingerprint density at radius 3 is 2.74 bits per heavy atom. The van der Waals surface area contributed by atoms with Crippen LogP contribution in [0.4, 0.5) is 17.3 Å². The molecule has 0 bridgehead atoms. The van der Waals surface area contributed by atoms with Gasteiger partial charge < -0.3 is 14.5 Å². The Balaban J connectivity index is 2.59. The molecular formula is C21H34N4OS. The maximum atomic E-state index is 5.62. The van der Waals surface area contributed by atoms with Crippen LogP contribution in [0, 0.1) is 0 Å². The van der Waals surface area contributed by atoms with Gasteiger partial charge in [-0.25, -0.2) is 9.35 Å². The highest BCUT2D eigenvalue weighted by Gasteiger charge is 2.21. The molecule has 0 spiro atoms. The van der Waals surface area contributed by atoms with E-state index in [4.69, 9.17) is 14.1 Å². The van der Waals surface area contributed by atoms with Crippen molar-refractivity contribution in [1.29, 1.82) is 0 Å². The van der Waals surface area contributed by atoms with E-state index in [2.05, 4.69) is 74.4 Å². The fraction of sp³-hybridized carbons (Fsp3) is 0.571. The molecule has 0 amide bonds. The monoisotopic (exact) mass is 390 g/mol. The van der Waals surface area contributed by atoms with Crippen LogP contribution in [0.25, 0.3) is 0 Å². The van der Waals surface area contributed by atoms with Gasteiger partial charge in [-0.2, -0.15) is 0 Å². The lowest BCUT2D eigenvalue weighted by molar-refractivity contribution is 0.0989. The first-order chi connectivity index (χ1) is 12.9. The van der Waals surface area contributed by atoms with Gasteiger partial charge in [0.1, 0.15) is 5.82 Å². The van der Waals surface area contributed by atoms with Gasteiger partial charge in [0, 0.05) is 42.3 Å². The highest BCUT2D eigenvalue weighted by molar-refractivity contribution is 7.85. The number of allylic oxidation sites excluding steroid dienone is 3. The van der Waals surface area contributed by atoms with E-state index in [9.17, 15) is 0 Å². The molecule has 0 N–H and O–H groups in total. The van der Waals surface area contributed by atoms with Gasteiger partial charge in [-0.15, -0.1) is 0 Å². The molecule has 27 heavy (non-hydrogen) atoms. The number of aromatic nitrogens is 1. The minimum absolute atomic E-state index is 0.0641. The Hall–Kier alpha value is -1.66. The largest absolute Gasteiger partial charge is 0.377 e. The molecule has 1 aromatic rings. The van der Waals surface area contributed by atoms with Gasteiger partial charge in [-0.1, -0.05) is 29.3 Å². The number of hydrogen-bond acceptors (Lipinski definition) is 5. The summed E-state index contributed by atoms with van der Waals surface area (Å²) in [6.07, 6.45) is 9.39. The van der Waals surface area contributed by atoms with E-state index in [0.717, 1.165) is 43.5 Å². The Labute approximate surface area is 167 Å². The molecule has 1 unspecified atom stereocenters. The van der Waals surface area contributed by atoms with Crippen LogP contribution in [-0.2, 0) is 15.4 Å². The van der Waals surface area contributed by atoms with Crippen molar-refractivity contribution < 1.29 is 4.74 Å². The molecule has 0 saturated carbocycles. The number of hydrogen-bond donors (Lipinski definition) is 0. The lowest BCUT2D eigenvalue weighted by Crippen LogP contribution is -2.43. The van der Waals surface area contributed by atoms with Crippen LogP contribution >= 0.6 is 0 Å². The van der Waals surface area contributed by atoms with Crippen LogP contribution in [0.15, 0.2) is 40.0 Å². The summed E-state index contributed by atoms with van der Waals surface area (Å²) in [5.41, 5.74) is 3.73. The predicted octanol–water partition coefficient (Wildman–Crippen LogP) is 5.04. The molecule has 1 saturated heterocycles. The first-order valence-electron chi connectivity index (χ1n) is 9.61. The van der Waals surface area contributed by atoms with Crippen molar-refractivity contribution in [2.75, 3.05) is 42.1 Å². The minimum Gasteiger partial charge on any atom is -0.377 e. The SMILES string of the molecule is C/C=C\N(/C(C)=C(\C)CC)c1cc(N2CCOCC2C)cc(N=S(C)C)n1. The van der Waals surface area contributed by atoms with Gasteiger partial charge in [0.05, 0.1) is 13.2 Å². The number of nitrogens with zero attached hydrogens (tertiary/aromatic N) is 4. The van der Waals surface area contributed by atoms with Crippen LogP contribution in [0.3, 0.4) is 0 Å². The number of ether oxygens (including phenoxy) is 1. The third-order valence-electron chi connectivity index (χ3n) is 4.81. The second-order valence-corrected chi connectivity index (χ2v) is 8.82. The molecule has 1 fully saturated rings. The Morgan fingerprint density at radius 1 is 1.41 bits per heavy atom. The smallest absolute Gasteiger partial charge is 0.163 e. The summed E-state index contributed by atoms with van der Waals surface area (Å²) < 4.78 is 10.4. The van der Waals surface area contributed by atoms with Gasteiger partial charge in [-0.3, -0.25) is 0 Å². The number of morpholine rings is 1. The van der Waals surface area contributed by atoms with Crippen molar-refractivity contribution >= 4 is 28.0 Å². The van der Waals surface area contributed by atoms with Crippen molar-refractivity contribution in [2.45, 2.75) is 47.1 Å². The number of anilines is 2. The molecule has 2 rings (SSSR count). The molecule has 150 valence electrons. The lowest BCUT2D eigenvalue weighted by Gasteiger charge is -2.36. The third-order valence-corrected chi connectivity index (χ3v) is 5.36. The van der Waals surface area contributed by atoms with Crippen LogP contribution in [0.1, 0.15) is 41.0 Å². The van der Waals surface area contributed by atoms with E-state index in [1.165, 1.54) is 11.3 Å². The van der Waals surface area contributed by atoms with E-state index in [1.54, 1.807) is 0 Å². The summed E-state index contributed by atoms with van der Waals surface area (Å²) in [7, 11) is -0.0641. The molecule has 1 aromatic heterocycles. The summed E-state index contributed by atoms with van der Waals surface area (Å²) in [5, 5.41) is 0. The quantitative estimate of drug-likeness (QED) is 0.682. The summed E-state index contributed by atoms with van der Waals surface area (Å²) >= 11 is 0. The standard InChI is InChI=1S/C21H34N4OS/c1-8-10-25(18(5)16(3)9-2)21-14-19(13-20(22-21)23-27(6)7)24-11-12-26-15-17(24)4/h8,10,13-14,17H,9,11-12,15H2,1-7H3/b10-8-,18-16+. The molecule has 6 heteroatoms. The van der Waals surface area contributed by atoms with Crippen molar-refractivity contribution in [1.82, 2.24) is 4.98 Å². The molecule has 1 aliphatic rings. The predicted molar refractivity (Wildman–Crippen MR) is 119 cm³/mol. The normalized spacial score (nSPS) is 18.8. The van der Waals surface area contributed by atoms with E-state index in [1.807, 2.05) is 6.92 Å². The second-order valence-electron chi connectivity index (χ2n) is 7.10. The highest BCUT2D eigenvalue weighted by atomic mass is 32.2. The third kappa shape index (κ3) is 5.66. The lowest BCUT2D eigenvalue weighted by atomic mass is 10.1. The summed E-state index contributed by atoms with van der Waals surface area (Å²) in [6.45, 7) is 13.2. The minimum atomic E-state index is -0.0641. The Morgan fingerprint density at radius 2 is 2.15 bits per heavy atom. The van der Waals surface area contributed by atoms with Gasteiger partial charge in [-0.05, 0) is 46.6 Å². The van der Waals surface area contributed by atoms with Crippen molar-refractivity contribution in [3.63, 3.8) is 0 Å². The fourth-order valence-corrected chi connectivity index (χ4v) is 3.56. The van der Waals surface area contributed by atoms with Crippen LogP contribution in [0.5, 0.6) is 0 Å². The van der Waals surface area contributed by atoms with Crippen LogP contribution in [-0.4, -0.2) is 43.3 Å². The molecule has 5 nitrogen and oxygen atoms in total. The van der Waals surface area contributed by atoms with Crippen LogP contribution < -0.4 is 9.80 Å². The first-order valence-corrected chi connectivity index (χ1v) is 11.6. The van der Waals surface area contributed by atoms with Gasteiger partial charge in [0.25, 0.3) is 0 Å². The fourth-order valence-electron chi connectivity index (χ4n) is 3.09. The molecule has 0 aliphatic carbocycles. The molecule has 0 aromatic carbocycles. The zero-order valence-electron chi connectivity index (χ0n) is 17.8. The van der Waals surface area contributed by atoms with Crippen molar-refractivity contribution in [3.8, 4) is 0 Å². The number of pyridine rings is 1. The van der Waals surface area contributed by atoms with Crippen LogP contribution in [0.2, 0.25) is 0 Å². The topological polar surface area (TPSA) is 41.0 Å². The van der Waals surface area contributed by atoms with Crippen molar-refractivity contribution in [2.24, 2.45) is 4.36 Å². The van der Waals surface area contributed by atoms with E-state index >= 15 is 0 Å². The molecule has 0 radical (unpaired) electrons. The van der Waals surface area contributed by atoms with Crippen molar-refractivity contribution in [3.05, 3.63) is 35.7 Å². The van der Waals surface area contributed by atoms with Gasteiger partial charge in [0.15, 0.2) is 5.82 Å². The average molecular weight is 391 g/mol. The summed E-state index contributed by atoms with van der Waals surface area (Å²) in [5.74, 6) is 1.71. The van der Waals surface area contributed by atoms with E-state index in [-0.39, 0.29) is 10.7 Å². The average Bonchev–Trinajstić information content (AvgIpc) is 2.64. The van der Waals surface area contributed by atoms with E-state index in [0.29, 0.717) is 6.04 Å². The summed E-state index contributed by atoms with van der Waals surface area (Å²) in [4.78, 5) is 9.45. The molecular weight excluding hydrogens is 356 g/mol. The highest BCUT2D eigenvalue weighted by Crippen LogP contribution is 2.31. The zero-order chi connectivity index (χ0) is 20.0. The molecule has 1 atom stereocenters. The van der Waals surface area contributed by atoms with E-state index < -0.39 is 0 Å². The van der Waals surface area contributed by atoms with Gasteiger partial charge >= 0.3 is 0 Å². The second kappa shape index (κ2) is 10.0. The van der Waals surface area contributed by atoms with Gasteiger partial charge in [0.2, 0.25) is 0 Å². The summed E-state index contributed by atoms with van der Waals surface area (Å²) in [6, 6.07) is 4.63. The zero-order valence-corrected chi connectivity index (χ0v) is 18.6. The molecule has 2 heterocycles. The number of rotatable bonds is 6.